The van der Waals surface area contributed by atoms with Gasteiger partial charge in [0.15, 0.2) is 6.23 Å². The number of allylic oxidation sites excluding steroid dienone is 1. The third-order valence-electron chi connectivity index (χ3n) is 3.57. The molecule has 1 aromatic rings. The molecule has 1 heterocycles. The standard InChI is InChI=1S/C13H15NO3S/c15-13-11-8-4-5-9-12(11)18(16,17)14(13)10-6-2-1-3-7-10/h1-3,6-7,13,15H,4-5,8-9H2/t13-/m0/s1. The molecule has 1 aromatic carbocycles. The van der Waals surface area contributed by atoms with Gasteiger partial charge in [-0.1, -0.05) is 18.2 Å². The molecule has 5 heteroatoms. The van der Waals surface area contributed by atoms with E-state index in [-0.39, 0.29) is 0 Å². The number of aliphatic hydroxyl groups excluding tert-OH is 1. The van der Waals surface area contributed by atoms with Crippen LogP contribution in [0.15, 0.2) is 40.8 Å². The second kappa shape index (κ2) is 4.10. The van der Waals surface area contributed by atoms with Crippen LogP contribution in [0, 0.1) is 0 Å². The summed E-state index contributed by atoms with van der Waals surface area (Å²) >= 11 is 0. The highest BCUT2D eigenvalue weighted by Gasteiger charge is 2.44. The van der Waals surface area contributed by atoms with Gasteiger partial charge in [-0.15, -0.1) is 0 Å². The van der Waals surface area contributed by atoms with Gasteiger partial charge >= 0.3 is 0 Å². The summed E-state index contributed by atoms with van der Waals surface area (Å²) in [6, 6.07) is 8.79. The molecule has 1 aliphatic heterocycles. The first-order valence-electron chi connectivity index (χ1n) is 6.12. The molecule has 3 rings (SSSR count). The maximum atomic E-state index is 12.4. The number of hydrogen-bond acceptors (Lipinski definition) is 3. The van der Waals surface area contributed by atoms with Crippen LogP contribution >= 0.6 is 0 Å². The summed E-state index contributed by atoms with van der Waals surface area (Å²) in [6.45, 7) is 0. The molecule has 0 fully saturated rings. The summed E-state index contributed by atoms with van der Waals surface area (Å²) in [7, 11) is -3.53. The lowest BCUT2D eigenvalue weighted by Crippen LogP contribution is -2.35. The Bertz CT molecular complexity index is 592. The van der Waals surface area contributed by atoms with Crippen LogP contribution in [-0.2, 0) is 10.0 Å². The van der Waals surface area contributed by atoms with Gasteiger partial charge in [-0.25, -0.2) is 12.7 Å². The van der Waals surface area contributed by atoms with E-state index in [0.29, 0.717) is 29.0 Å². The van der Waals surface area contributed by atoms with Crippen LogP contribution in [0.3, 0.4) is 0 Å². The average molecular weight is 265 g/mol. The number of anilines is 1. The fourth-order valence-electron chi connectivity index (χ4n) is 2.72. The summed E-state index contributed by atoms with van der Waals surface area (Å²) < 4.78 is 26.0. The molecule has 1 atom stereocenters. The minimum atomic E-state index is -3.53. The number of sulfonamides is 1. The van der Waals surface area contributed by atoms with Crippen LogP contribution in [-0.4, -0.2) is 19.8 Å². The van der Waals surface area contributed by atoms with Gasteiger partial charge in [0, 0.05) is 0 Å². The third kappa shape index (κ3) is 1.58. The minimum absolute atomic E-state index is 0.435. The molecule has 0 amide bonds. The molecule has 4 nitrogen and oxygen atoms in total. The van der Waals surface area contributed by atoms with Gasteiger partial charge < -0.3 is 5.11 Å². The Morgan fingerprint density at radius 3 is 2.44 bits per heavy atom. The zero-order chi connectivity index (χ0) is 12.8. The molecular weight excluding hydrogens is 250 g/mol. The summed E-state index contributed by atoms with van der Waals surface area (Å²) in [4.78, 5) is 0.435. The van der Waals surface area contributed by atoms with Crippen LogP contribution in [0.4, 0.5) is 5.69 Å². The molecule has 96 valence electrons. The number of rotatable bonds is 1. The van der Waals surface area contributed by atoms with E-state index in [0.717, 1.165) is 17.1 Å². The topological polar surface area (TPSA) is 57.6 Å². The lowest BCUT2D eigenvalue weighted by Gasteiger charge is -2.22. The van der Waals surface area contributed by atoms with Crippen molar-refractivity contribution < 1.29 is 13.5 Å². The summed E-state index contributed by atoms with van der Waals surface area (Å²) in [5, 5.41) is 10.3. The van der Waals surface area contributed by atoms with Gasteiger partial charge in [-0.2, -0.15) is 0 Å². The van der Waals surface area contributed by atoms with Gasteiger partial charge in [0.25, 0.3) is 10.0 Å². The number of hydrogen-bond donors (Lipinski definition) is 1. The van der Waals surface area contributed by atoms with Crippen molar-refractivity contribution in [2.24, 2.45) is 0 Å². The summed E-state index contributed by atoms with van der Waals surface area (Å²) in [6.07, 6.45) is 2.05. The summed E-state index contributed by atoms with van der Waals surface area (Å²) in [5.41, 5.74) is 1.21. The molecule has 2 aliphatic rings. The SMILES string of the molecule is O=S1(=O)C2=C(CCCC2)[C@H](O)N1c1ccccc1. The van der Waals surface area contributed by atoms with E-state index >= 15 is 0 Å². The van der Waals surface area contributed by atoms with Crippen LogP contribution in [0.2, 0.25) is 0 Å². The van der Waals surface area contributed by atoms with Crippen molar-refractivity contribution in [1.29, 1.82) is 0 Å². The van der Waals surface area contributed by atoms with E-state index in [1.165, 1.54) is 0 Å². The predicted molar refractivity (Wildman–Crippen MR) is 69.3 cm³/mol. The van der Waals surface area contributed by atoms with Crippen molar-refractivity contribution >= 4 is 15.7 Å². The predicted octanol–water partition coefficient (Wildman–Crippen LogP) is 1.98. The Morgan fingerprint density at radius 2 is 1.78 bits per heavy atom. The molecule has 0 radical (unpaired) electrons. The maximum absolute atomic E-state index is 12.4. The average Bonchev–Trinajstić information content (AvgIpc) is 2.59. The molecule has 0 saturated heterocycles. The van der Waals surface area contributed by atoms with Crippen molar-refractivity contribution in [1.82, 2.24) is 0 Å². The molecule has 0 aromatic heterocycles. The molecule has 1 N–H and O–H groups in total. The Hall–Kier alpha value is -1.33. The Kier molecular flexibility index (Phi) is 2.68. The van der Waals surface area contributed by atoms with E-state index in [9.17, 15) is 13.5 Å². The lowest BCUT2D eigenvalue weighted by molar-refractivity contribution is 0.220. The fourth-order valence-corrected chi connectivity index (χ4v) is 4.68. The molecule has 0 bridgehead atoms. The van der Waals surface area contributed by atoms with Gasteiger partial charge in [0.05, 0.1) is 10.6 Å². The van der Waals surface area contributed by atoms with E-state index in [1.807, 2.05) is 6.07 Å². The molecule has 0 saturated carbocycles. The highest BCUT2D eigenvalue weighted by atomic mass is 32.2. The van der Waals surface area contributed by atoms with Gasteiger partial charge in [-0.3, -0.25) is 0 Å². The monoisotopic (exact) mass is 265 g/mol. The Balaban J connectivity index is 2.10. The molecule has 1 aliphatic carbocycles. The number of para-hydroxylation sites is 1. The minimum Gasteiger partial charge on any atom is -0.369 e. The first kappa shape index (κ1) is 11.7. The van der Waals surface area contributed by atoms with Crippen LogP contribution in [0.1, 0.15) is 25.7 Å². The second-order valence-corrected chi connectivity index (χ2v) is 6.50. The van der Waals surface area contributed by atoms with Crippen molar-refractivity contribution in [3.05, 3.63) is 40.8 Å². The Labute approximate surface area is 107 Å². The van der Waals surface area contributed by atoms with Crippen LogP contribution in [0.5, 0.6) is 0 Å². The molecular formula is C13H15NO3S. The second-order valence-electron chi connectivity index (χ2n) is 4.67. The van der Waals surface area contributed by atoms with E-state index in [1.54, 1.807) is 24.3 Å². The van der Waals surface area contributed by atoms with E-state index in [4.69, 9.17) is 0 Å². The van der Waals surface area contributed by atoms with Crippen molar-refractivity contribution in [2.45, 2.75) is 31.9 Å². The summed E-state index contributed by atoms with van der Waals surface area (Å²) in [5.74, 6) is 0. The zero-order valence-corrected chi connectivity index (χ0v) is 10.7. The van der Waals surface area contributed by atoms with Gasteiger partial charge in [0.1, 0.15) is 0 Å². The Morgan fingerprint density at radius 1 is 1.11 bits per heavy atom. The van der Waals surface area contributed by atoms with Crippen molar-refractivity contribution in [2.75, 3.05) is 4.31 Å². The zero-order valence-electron chi connectivity index (χ0n) is 9.91. The largest absolute Gasteiger partial charge is 0.369 e. The quantitative estimate of drug-likeness (QED) is 0.844. The van der Waals surface area contributed by atoms with Gasteiger partial charge in [0.2, 0.25) is 0 Å². The maximum Gasteiger partial charge on any atom is 0.263 e. The van der Waals surface area contributed by atoms with Gasteiger partial charge in [-0.05, 0) is 43.4 Å². The van der Waals surface area contributed by atoms with E-state index < -0.39 is 16.3 Å². The first-order chi connectivity index (χ1) is 8.62. The normalized spacial score (nSPS) is 26.3. The fraction of sp³-hybridized carbons (Fsp3) is 0.385. The van der Waals surface area contributed by atoms with Crippen molar-refractivity contribution in [3.63, 3.8) is 0 Å². The van der Waals surface area contributed by atoms with Crippen LogP contribution in [0.25, 0.3) is 0 Å². The molecule has 0 spiro atoms. The molecule has 18 heavy (non-hydrogen) atoms. The van der Waals surface area contributed by atoms with Crippen molar-refractivity contribution in [3.8, 4) is 0 Å². The lowest BCUT2D eigenvalue weighted by atomic mass is 9.98. The van der Waals surface area contributed by atoms with E-state index in [2.05, 4.69) is 0 Å². The third-order valence-corrected chi connectivity index (χ3v) is 5.59. The molecule has 0 unspecified atom stereocenters. The number of aliphatic hydroxyl groups is 1. The van der Waals surface area contributed by atoms with Crippen LogP contribution < -0.4 is 4.31 Å². The smallest absolute Gasteiger partial charge is 0.263 e. The highest BCUT2D eigenvalue weighted by Crippen LogP contribution is 2.42. The number of nitrogens with zero attached hydrogens (tertiary/aromatic N) is 1. The first-order valence-corrected chi connectivity index (χ1v) is 7.56. The highest BCUT2D eigenvalue weighted by molar-refractivity contribution is 7.96. The number of benzene rings is 1.